The molecule has 1 fully saturated rings. The first-order chi connectivity index (χ1) is 9.54. The molecular formula is C16H21NO2S. The van der Waals surface area contributed by atoms with E-state index in [2.05, 4.69) is 12.1 Å². The Kier molecular flexibility index (Phi) is 4.76. The number of esters is 1. The summed E-state index contributed by atoms with van der Waals surface area (Å²) in [5.41, 5.74) is 1.28. The number of hydrogen-bond donors (Lipinski definition) is 0. The maximum absolute atomic E-state index is 12.0. The highest BCUT2D eigenvalue weighted by Crippen LogP contribution is 2.44. The predicted molar refractivity (Wildman–Crippen MR) is 83.7 cm³/mol. The molecule has 3 nitrogen and oxygen atoms in total. The van der Waals surface area contributed by atoms with Crippen LogP contribution in [-0.4, -0.2) is 37.1 Å². The summed E-state index contributed by atoms with van der Waals surface area (Å²) in [4.78, 5) is 14.8. The molecule has 0 saturated heterocycles. The minimum atomic E-state index is -0.141. The first kappa shape index (κ1) is 15.0. The van der Waals surface area contributed by atoms with Crippen LogP contribution in [0.15, 0.2) is 30.3 Å². The Morgan fingerprint density at radius 1 is 1.20 bits per heavy atom. The Balaban J connectivity index is 2.22. The molecule has 0 aliphatic heterocycles. The van der Waals surface area contributed by atoms with Crippen molar-refractivity contribution in [1.29, 1.82) is 0 Å². The van der Waals surface area contributed by atoms with Crippen molar-refractivity contribution >= 4 is 23.2 Å². The van der Waals surface area contributed by atoms with Gasteiger partial charge < -0.3 is 9.64 Å². The maximum atomic E-state index is 12.0. The highest BCUT2D eigenvalue weighted by atomic mass is 32.1. The van der Waals surface area contributed by atoms with Gasteiger partial charge >= 0.3 is 5.97 Å². The van der Waals surface area contributed by atoms with Gasteiger partial charge in [0.05, 0.1) is 18.0 Å². The number of hydrogen-bond acceptors (Lipinski definition) is 3. The summed E-state index contributed by atoms with van der Waals surface area (Å²) in [6, 6.07) is 10.3. The number of carbonyl (C=O) groups excluding carboxylic acids is 1. The zero-order valence-electron chi connectivity index (χ0n) is 12.2. The van der Waals surface area contributed by atoms with Gasteiger partial charge in [0.25, 0.3) is 0 Å². The minimum Gasteiger partial charge on any atom is -0.469 e. The molecule has 0 heterocycles. The topological polar surface area (TPSA) is 29.5 Å². The number of rotatable bonds is 3. The third kappa shape index (κ3) is 3.01. The Hall–Kier alpha value is -1.42. The predicted octanol–water partition coefficient (Wildman–Crippen LogP) is 2.86. The SMILES string of the molecule is COC(=O)[C@H]1C[C@H](c2ccccc2)C[C@@H]1C(=S)N(C)C. The largest absolute Gasteiger partial charge is 0.469 e. The summed E-state index contributed by atoms with van der Waals surface area (Å²) >= 11 is 5.50. The fraction of sp³-hybridized carbons (Fsp3) is 0.500. The van der Waals surface area contributed by atoms with Crippen molar-refractivity contribution in [1.82, 2.24) is 4.90 Å². The molecule has 0 amide bonds. The van der Waals surface area contributed by atoms with E-state index in [4.69, 9.17) is 17.0 Å². The van der Waals surface area contributed by atoms with E-state index in [1.165, 1.54) is 12.7 Å². The second kappa shape index (κ2) is 6.35. The first-order valence-electron chi connectivity index (χ1n) is 6.88. The van der Waals surface area contributed by atoms with E-state index in [0.717, 1.165) is 17.8 Å². The molecule has 20 heavy (non-hydrogen) atoms. The molecule has 4 heteroatoms. The number of benzene rings is 1. The lowest BCUT2D eigenvalue weighted by Crippen LogP contribution is -2.33. The normalized spacial score (nSPS) is 25.2. The van der Waals surface area contributed by atoms with E-state index in [1.54, 1.807) is 0 Å². The van der Waals surface area contributed by atoms with Gasteiger partial charge in [0.2, 0.25) is 0 Å². The zero-order valence-corrected chi connectivity index (χ0v) is 13.0. The van der Waals surface area contributed by atoms with Gasteiger partial charge in [-0.2, -0.15) is 0 Å². The molecule has 1 saturated carbocycles. The summed E-state index contributed by atoms with van der Waals surface area (Å²) < 4.78 is 4.96. The first-order valence-corrected chi connectivity index (χ1v) is 7.29. The zero-order chi connectivity index (χ0) is 14.7. The van der Waals surface area contributed by atoms with Crippen LogP contribution in [0.5, 0.6) is 0 Å². The van der Waals surface area contributed by atoms with E-state index in [9.17, 15) is 4.79 Å². The van der Waals surface area contributed by atoms with E-state index in [-0.39, 0.29) is 17.8 Å². The summed E-state index contributed by atoms with van der Waals surface area (Å²) in [5.74, 6) is 0.207. The minimum absolute atomic E-state index is 0.0951. The number of thiocarbonyl (C=S) groups is 1. The van der Waals surface area contributed by atoms with Gasteiger partial charge in [-0.15, -0.1) is 0 Å². The van der Waals surface area contributed by atoms with Crippen LogP contribution < -0.4 is 0 Å². The van der Waals surface area contributed by atoms with Crippen LogP contribution in [0.3, 0.4) is 0 Å². The van der Waals surface area contributed by atoms with Crippen molar-refractivity contribution in [3.63, 3.8) is 0 Å². The molecule has 3 atom stereocenters. The molecule has 2 rings (SSSR count). The van der Waals surface area contributed by atoms with Gasteiger partial charge in [-0.25, -0.2) is 0 Å². The molecule has 1 aliphatic carbocycles. The maximum Gasteiger partial charge on any atom is 0.309 e. The van der Waals surface area contributed by atoms with Gasteiger partial charge in [0.1, 0.15) is 0 Å². The van der Waals surface area contributed by atoms with Crippen LogP contribution in [-0.2, 0) is 9.53 Å². The summed E-state index contributed by atoms with van der Waals surface area (Å²) in [7, 11) is 5.33. The van der Waals surface area contributed by atoms with Crippen molar-refractivity contribution in [2.24, 2.45) is 11.8 Å². The molecule has 1 aromatic rings. The van der Waals surface area contributed by atoms with Crippen LogP contribution in [0.2, 0.25) is 0 Å². The molecule has 108 valence electrons. The molecule has 1 aromatic carbocycles. The van der Waals surface area contributed by atoms with Crippen molar-refractivity contribution in [3.8, 4) is 0 Å². The van der Waals surface area contributed by atoms with E-state index >= 15 is 0 Å². The average Bonchev–Trinajstić information content (AvgIpc) is 2.91. The van der Waals surface area contributed by atoms with Crippen molar-refractivity contribution in [2.75, 3.05) is 21.2 Å². The summed E-state index contributed by atoms with van der Waals surface area (Å²) in [6.45, 7) is 0. The molecule has 0 unspecified atom stereocenters. The van der Waals surface area contributed by atoms with Crippen LogP contribution in [0.1, 0.15) is 24.3 Å². The highest BCUT2D eigenvalue weighted by molar-refractivity contribution is 7.80. The van der Waals surface area contributed by atoms with Gasteiger partial charge in [-0.3, -0.25) is 4.79 Å². The fourth-order valence-corrected chi connectivity index (χ4v) is 3.31. The lowest BCUT2D eigenvalue weighted by atomic mass is 9.95. The quantitative estimate of drug-likeness (QED) is 0.632. The van der Waals surface area contributed by atoms with E-state index in [1.807, 2.05) is 37.2 Å². The van der Waals surface area contributed by atoms with Crippen LogP contribution >= 0.6 is 12.2 Å². The van der Waals surface area contributed by atoms with Crippen molar-refractivity contribution in [3.05, 3.63) is 35.9 Å². The Labute approximate surface area is 125 Å². The van der Waals surface area contributed by atoms with E-state index in [0.29, 0.717) is 5.92 Å². The number of nitrogens with zero attached hydrogens (tertiary/aromatic N) is 1. The molecule has 0 aromatic heterocycles. The van der Waals surface area contributed by atoms with Gasteiger partial charge in [-0.05, 0) is 24.3 Å². The molecular weight excluding hydrogens is 270 g/mol. The Morgan fingerprint density at radius 2 is 1.80 bits per heavy atom. The number of methoxy groups -OCH3 is 1. The molecule has 0 N–H and O–H groups in total. The van der Waals surface area contributed by atoms with Crippen LogP contribution in [0, 0.1) is 11.8 Å². The van der Waals surface area contributed by atoms with Crippen LogP contribution in [0.4, 0.5) is 0 Å². The standard InChI is InChI=1S/C16H21NO2S/c1-17(2)15(20)13-9-12(10-14(13)16(18)19-3)11-7-5-4-6-8-11/h4-8,12-14H,9-10H2,1-3H3/t12-,13+,14+/m1/s1. The highest BCUT2D eigenvalue weighted by Gasteiger charge is 2.42. The monoisotopic (exact) mass is 291 g/mol. The second-order valence-electron chi connectivity index (χ2n) is 5.55. The third-order valence-electron chi connectivity index (χ3n) is 4.10. The third-order valence-corrected chi connectivity index (χ3v) is 4.76. The lowest BCUT2D eigenvalue weighted by molar-refractivity contribution is -0.145. The Morgan fingerprint density at radius 3 is 2.35 bits per heavy atom. The molecule has 1 aliphatic rings. The molecule has 0 spiro atoms. The summed E-state index contributed by atoms with van der Waals surface area (Å²) in [5, 5.41) is 0. The van der Waals surface area contributed by atoms with Gasteiger partial charge in [0, 0.05) is 20.0 Å². The number of carbonyl (C=O) groups is 1. The smallest absolute Gasteiger partial charge is 0.309 e. The lowest BCUT2D eigenvalue weighted by Gasteiger charge is -2.23. The van der Waals surface area contributed by atoms with Gasteiger partial charge in [-0.1, -0.05) is 42.5 Å². The second-order valence-corrected chi connectivity index (χ2v) is 5.97. The van der Waals surface area contributed by atoms with Crippen molar-refractivity contribution in [2.45, 2.75) is 18.8 Å². The molecule has 0 radical (unpaired) electrons. The average molecular weight is 291 g/mol. The molecule has 0 bridgehead atoms. The van der Waals surface area contributed by atoms with E-state index < -0.39 is 0 Å². The van der Waals surface area contributed by atoms with Crippen molar-refractivity contribution < 1.29 is 9.53 Å². The van der Waals surface area contributed by atoms with Gasteiger partial charge in [0.15, 0.2) is 0 Å². The summed E-state index contributed by atoms with van der Waals surface area (Å²) in [6.07, 6.45) is 1.73. The van der Waals surface area contributed by atoms with Crippen LogP contribution in [0.25, 0.3) is 0 Å². The fourth-order valence-electron chi connectivity index (χ4n) is 3.05. The number of ether oxygens (including phenoxy) is 1. The Bertz CT molecular complexity index is 487.